The Labute approximate surface area is 77.6 Å². The molecule has 0 aromatic heterocycles. The van der Waals surface area contributed by atoms with Crippen molar-refractivity contribution < 1.29 is 4.43 Å². The largest absolute Gasteiger partial charge is 0.414 e. The monoisotopic (exact) mass is 186 g/mol. The Hall–Kier alpha value is 0.177. The molecule has 1 aliphatic rings. The third-order valence-electron chi connectivity index (χ3n) is 2.54. The molecular formula is C10H22OSi. The van der Waals surface area contributed by atoms with Crippen molar-refractivity contribution in [2.45, 2.75) is 58.4 Å². The predicted molar refractivity (Wildman–Crippen MR) is 55.9 cm³/mol. The molecule has 0 aliphatic heterocycles. The Morgan fingerprint density at radius 3 is 2.17 bits per heavy atom. The summed E-state index contributed by atoms with van der Waals surface area (Å²) in [5.74, 6) is 0.797. The van der Waals surface area contributed by atoms with Crippen LogP contribution in [0.5, 0.6) is 0 Å². The van der Waals surface area contributed by atoms with Gasteiger partial charge in [-0.05, 0) is 38.4 Å². The first-order valence-corrected chi connectivity index (χ1v) is 8.58. The highest BCUT2D eigenvalue weighted by molar-refractivity contribution is 6.69. The van der Waals surface area contributed by atoms with E-state index in [1.54, 1.807) is 0 Å². The van der Waals surface area contributed by atoms with Gasteiger partial charge in [-0.1, -0.05) is 19.8 Å². The molecular weight excluding hydrogens is 164 g/mol. The zero-order valence-corrected chi connectivity index (χ0v) is 9.89. The van der Waals surface area contributed by atoms with Crippen molar-refractivity contribution in [3.63, 3.8) is 0 Å². The van der Waals surface area contributed by atoms with E-state index in [2.05, 4.69) is 26.6 Å². The lowest BCUT2D eigenvalue weighted by atomic mass is 9.88. The van der Waals surface area contributed by atoms with E-state index in [1.165, 1.54) is 25.7 Å². The summed E-state index contributed by atoms with van der Waals surface area (Å²) in [7, 11) is -1.29. The fourth-order valence-corrected chi connectivity index (χ4v) is 3.17. The van der Waals surface area contributed by atoms with Gasteiger partial charge in [-0.15, -0.1) is 0 Å². The molecule has 1 fully saturated rings. The van der Waals surface area contributed by atoms with Crippen LogP contribution >= 0.6 is 0 Å². The summed E-state index contributed by atoms with van der Waals surface area (Å²) in [5.41, 5.74) is 0. The third kappa shape index (κ3) is 3.28. The minimum absolute atomic E-state index is 0.574. The standard InChI is InChI=1S/C10H22OSi/c1-9-7-5-6-8-10(9)11-12(2,3)4/h9-10H,5-8H2,1-4H3. The van der Waals surface area contributed by atoms with E-state index in [0.717, 1.165) is 5.92 Å². The molecule has 0 aromatic carbocycles. The van der Waals surface area contributed by atoms with Gasteiger partial charge < -0.3 is 4.43 Å². The fourth-order valence-electron chi connectivity index (χ4n) is 1.91. The lowest BCUT2D eigenvalue weighted by molar-refractivity contribution is 0.0958. The van der Waals surface area contributed by atoms with Gasteiger partial charge in [0.15, 0.2) is 8.32 Å². The zero-order chi connectivity index (χ0) is 9.19. The first-order chi connectivity index (χ1) is 5.49. The van der Waals surface area contributed by atoms with Crippen LogP contribution in [-0.4, -0.2) is 14.4 Å². The van der Waals surface area contributed by atoms with Crippen molar-refractivity contribution in [2.24, 2.45) is 5.92 Å². The van der Waals surface area contributed by atoms with Gasteiger partial charge in [-0.3, -0.25) is 0 Å². The zero-order valence-electron chi connectivity index (χ0n) is 8.89. The molecule has 0 amide bonds. The van der Waals surface area contributed by atoms with Gasteiger partial charge >= 0.3 is 0 Å². The van der Waals surface area contributed by atoms with E-state index in [0.29, 0.717) is 6.10 Å². The van der Waals surface area contributed by atoms with E-state index in [-0.39, 0.29) is 0 Å². The van der Waals surface area contributed by atoms with E-state index in [9.17, 15) is 0 Å². The Morgan fingerprint density at radius 1 is 1.08 bits per heavy atom. The molecule has 2 unspecified atom stereocenters. The van der Waals surface area contributed by atoms with Gasteiger partial charge in [0.2, 0.25) is 0 Å². The molecule has 1 rings (SSSR count). The average molecular weight is 186 g/mol. The van der Waals surface area contributed by atoms with Crippen LogP contribution < -0.4 is 0 Å². The molecule has 72 valence electrons. The van der Waals surface area contributed by atoms with E-state index in [4.69, 9.17) is 4.43 Å². The summed E-state index contributed by atoms with van der Waals surface area (Å²) >= 11 is 0. The average Bonchev–Trinajstić information content (AvgIpc) is 1.91. The predicted octanol–water partition coefficient (Wildman–Crippen LogP) is 3.42. The molecule has 1 nitrogen and oxygen atoms in total. The van der Waals surface area contributed by atoms with Crippen LogP contribution in [0.1, 0.15) is 32.6 Å². The summed E-state index contributed by atoms with van der Waals surface area (Å²) in [4.78, 5) is 0. The fraction of sp³-hybridized carbons (Fsp3) is 1.00. The van der Waals surface area contributed by atoms with Gasteiger partial charge in [0.05, 0.1) is 0 Å². The Balaban J connectivity index is 2.39. The van der Waals surface area contributed by atoms with Crippen LogP contribution in [-0.2, 0) is 4.43 Å². The molecule has 0 saturated heterocycles. The first-order valence-electron chi connectivity index (χ1n) is 5.17. The highest BCUT2D eigenvalue weighted by atomic mass is 28.4. The third-order valence-corrected chi connectivity index (χ3v) is 3.55. The Bertz CT molecular complexity index is 139. The molecule has 0 aromatic rings. The normalized spacial score (nSPS) is 32.0. The molecule has 0 radical (unpaired) electrons. The first kappa shape index (κ1) is 10.3. The lowest BCUT2D eigenvalue weighted by Crippen LogP contribution is -2.36. The van der Waals surface area contributed by atoms with Crippen LogP contribution in [0.3, 0.4) is 0 Å². The highest BCUT2D eigenvalue weighted by Gasteiger charge is 2.27. The van der Waals surface area contributed by atoms with Crippen LogP contribution in [0.4, 0.5) is 0 Å². The van der Waals surface area contributed by atoms with Gasteiger partial charge in [0.25, 0.3) is 0 Å². The second-order valence-corrected chi connectivity index (χ2v) is 9.49. The van der Waals surface area contributed by atoms with E-state index >= 15 is 0 Å². The number of rotatable bonds is 2. The Kier molecular flexibility index (Phi) is 3.35. The topological polar surface area (TPSA) is 9.23 Å². The smallest absolute Gasteiger partial charge is 0.184 e. The van der Waals surface area contributed by atoms with Crippen LogP contribution in [0.2, 0.25) is 19.6 Å². The SMILES string of the molecule is CC1CCCCC1O[Si](C)(C)C. The number of hydrogen-bond acceptors (Lipinski definition) is 1. The van der Waals surface area contributed by atoms with Crippen molar-refractivity contribution >= 4 is 8.32 Å². The Morgan fingerprint density at radius 2 is 1.67 bits per heavy atom. The summed E-state index contributed by atoms with van der Waals surface area (Å²) < 4.78 is 6.13. The molecule has 2 heteroatoms. The van der Waals surface area contributed by atoms with Gasteiger partial charge in [0, 0.05) is 6.10 Å². The molecule has 1 saturated carbocycles. The van der Waals surface area contributed by atoms with E-state index < -0.39 is 8.32 Å². The van der Waals surface area contributed by atoms with Crippen molar-refractivity contribution in [3.8, 4) is 0 Å². The van der Waals surface area contributed by atoms with Crippen LogP contribution in [0, 0.1) is 5.92 Å². The summed E-state index contributed by atoms with van der Waals surface area (Å²) in [6.45, 7) is 9.20. The molecule has 1 aliphatic carbocycles. The van der Waals surface area contributed by atoms with Crippen molar-refractivity contribution in [3.05, 3.63) is 0 Å². The van der Waals surface area contributed by atoms with Gasteiger partial charge in [0.1, 0.15) is 0 Å². The van der Waals surface area contributed by atoms with Gasteiger partial charge in [-0.25, -0.2) is 0 Å². The molecule has 0 bridgehead atoms. The van der Waals surface area contributed by atoms with Crippen molar-refractivity contribution in [1.82, 2.24) is 0 Å². The number of hydrogen-bond donors (Lipinski definition) is 0. The molecule has 0 spiro atoms. The summed E-state index contributed by atoms with van der Waals surface area (Å²) in [6, 6.07) is 0. The van der Waals surface area contributed by atoms with E-state index in [1.807, 2.05) is 0 Å². The van der Waals surface area contributed by atoms with Gasteiger partial charge in [-0.2, -0.15) is 0 Å². The highest BCUT2D eigenvalue weighted by Crippen LogP contribution is 2.28. The molecule has 2 atom stereocenters. The second kappa shape index (κ2) is 3.92. The molecule has 0 N–H and O–H groups in total. The molecule has 0 heterocycles. The van der Waals surface area contributed by atoms with Crippen LogP contribution in [0.15, 0.2) is 0 Å². The summed E-state index contributed by atoms with van der Waals surface area (Å²) in [6.07, 6.45) is 6.03. The molecule has 12 heavy (non-hydrogen) atoms. The second-order valence-electron chi connectivity index (χ2n) is 5.03. The van der Waals surface area contributed by atoms with Crippen molar-refractivity contribution in [1.29, 1.82) is 0 Å². The minimum atomic E-state index is -1.29. The summed E-state index contributed by atoms with van der Waals surface area (Å²) in [5, 5.41) is 0. The maximum absolute atomic E-state index is 6.13. The van der Waals surface area contributed by atoms with Crippen molar-refractivity contribution in [2.75, 3.05) is 0 Å². The van der Waals surface area contributed by atoms with Crippen LogP contribution in [0.25, 0.3) is 0 Å². The minimum Gasteiger partial charge on any atom is -0.414 e. The quantitative estimate of drug-likeness (QED) is 0.600. The maximum Gasteiger partial charge on any atom is 0.184 e. The lowest BCUT2D eigenvalue weighted by Gasteiger charge is -2.34. The maximum atomic E-state index is 6.13.